The number of rotatable bonds is 4. The van der Waals surface area contributed by atoms with Crippen LogP contribution in [-0.4, -0.2) is 66.6 Å². The largest absolute Gasteiger partial charge is 0.445 e. The van der Waals surface area contributed by atoms with Crippen molar-refractivity contribution in [2.45, 2.75) is 32.2 Å². The van der Waals surface area contributed by atoms with Gasteiger partial charge in [0.05, 0.1) is 0 Å². The summed E-state index contributed by atoms with van der Waals surface area (Å²) in [6, 6.07) is 9.94. The van der Waals surface area contributed by atoms with Gasteiger partial charge in [-0.05, 0) is 31.0 Å². The molecule has 4 rings (SSSR count). The Hall–Kier alpha value is -2.80. The molecule has 0 radical (unpaired) electrons. The van der Waals surface area contributed by atoms with Crippen molar-refractivity contribution in [3.8, 4) is 0 Å². The van der Waals surface area contributed by atoms with Gasteiger partial charge in [-0.1, -0.05) is 37.3 Å². The minimum Gasteiger partial charge on any atom is -0.445 e. The standard InChI is InChI=1S/C21H25N5O2/c1-15-9-11-26(21(27)28-13-16-6-4-3-5-7-16)12-18(15)25(2)20-17-8-10-22-19(17)23-14-24-20/h3-8,10,14-15,18,20H,9,11-13H2,1-2H3/t15-,18+,20-/m1/s1. The van der Waals surface area contributed by atoms with Gasteiger partial charge in [-0.25, -0.2) is 19.8 Å². The number of amidine groups is 1. The summed E-state index contributed by atoms with van der Waals surface area (Å²) < 4.78 is 5.53. The van der Waals surface area contributed by atoms with E-state index in [9.17, 15) is 4.79 Å². The molecular formula is C21H25N5O2. The van der Waals surface area contributed by atoms with E-state index >= 15 is 0 Å². The van der Waals surface area contributed by atoms with Gasteiger partial charge >= 0.3 is 6.09 Å². The molecule has 7 heteroatoms. The van der Waals surface area contributed by atoms with E-state index in [1.54, 1.807) is 12.6 Å². The Balaban J connectivity index is 1.40. The number of ether oxygens (including phenoxy) is 1. The number of carbonyl (C=O) groups excluding carboxylic acids is 1. The number of carbonyl (C=O) groups is 1. The van der Waals surface area contributed by atoms with Crippen LogP contribution in [0.25, 0.3) is 0 Å². The van der Waals surface area contributed by atoms with Crippen LogP contribution in [0.4, 0.5) is 4.79 Å². The van der Waals surface area contributed by atoms with Gasteiger partial charge in [0.15, 0.2) is 5.84 Å². The molecule has 1 amide bonds. The summed E-state index contributed by atoms with van der Waals surface area (Å²) in [7, 11) is 2.06. The number of benzene rings is 1. The average molecular weight is 379 g/mol. The van der Waals surface area contributed by atoms with Crippen molar-refractivity contribution in [1.29, 1.82) is 0 Å². The highest BCUT2D eigenvalue weighted by atomic mass is 16.6. The molecule has 7 nitrogen and oxygen atoms in total. The van der Waals surface area contributed by atoms with Gasteiger partial charge in [0.2, 0.25) is 0 Å². The van der Waals surface area contributed by atoms with E-state index in [1.165, 1.54) is 0 Å². The normalized spacial score (nSPS) is 26.1. The van der Waals surface area contributed by atoms with Crippen LogP contribution in [0.3, 0.4) is 0 Å². The topological polar surface area (TPSA) is 69.9 Å². The van der Waals surface area contributed by atoms with Crippen LogP contribution in [-0.2, 0) is 11.3 Å². The first kappa shape index (κ1) is 18.6. The molecule has 1 fully saturated rings. The molecule has 0 unspecified atom stereocenters. The quantitative estimate of drug-likeness (QED) is 0.808. The summed E-state index contributed by atoms with van der Waals surface area (Å²) in [5.41, 5.74) is 2.01. The van der Waals surface area contributed by atoms with Gasteiger partial charge in [-0.3, -0.25) is 4.90 Å². The van der Waals surface area contributed by atoms with Crippen LogP contribution in [0.1, 0.15) is 18.9 Å². The summed E-state index contributed by atoms with van der Waals surface area (Å²) in [5, 5.41) is 0. The number of fused-ring (bicyclic) bond motifs is 1. The summed E-state index contributed by atoms with van der Waals surface area (Å²) >= 11 is 0. The molecule has 0 aromatic heterocycles. The van der Waals surface area contributed by atoms with E-state index in [0.29, 0.717) is 25.6 Å². The van der Waals surface area contributed by atoms with Crippen molar-refractivity contribution < 1.29 is 9.53 Å². The zero-order chi connectivity index (χ0) is 19.5. The molecule has 3 heterocycles. The van der Waals surface area contributed by atoms with Gasteiger partial charge in [0.25, 0.3) is 0 Å². The van der Waals surface area contributed by atoms with Crippen LogP contribution in [0.15, 0.2) is 57.0 Å². The fraction of sp³-hybridized carbons (Fsp3) is 0.429. The minimum absolute atomic E-state index is 0.122. The van der Waals surface area contributed by atoms with Crippen molar-refractivity contribution >= 4 is 24.5 Å². The lowest BCUT2D eigenvalue weighted by molar-refractivity contribution is 0.0411. The van der Waals surface area contributed by atoms with Crippen LogP contribution < -0.4 is 0 Å². The second-order valence-corrected chi connectivity index (χ2v) is 7.48. The summed E-state index contributed by atoms with van der Waals surface area (Å²) in [4.78, 5) is 29.7. The van der Waals surface area contributed by atoms with Crippen molar-refractivity contribution in [3.63, 3.8) is 0 Å². The van der Waals surface area contributed by atoms with E-state index in [-0.39, 0.29) is 18.3 Å². The number of piperidine rings is 1. The Kier molecular flexibility index (Phi) is 5.34. The molecule has 28 heavy (non-hydrogen) atoms. The van der Waals surface area contributed by atoms with Crippen molar-refractivity contribution in [3.05, 3.63) is 47.5 Å². The molecule has 0 saturated carbocycles. The Morgan fingerprint density at radius 1 is 1.32 bits per heavy atom. The van der Waals surface area contributed by atoms with E-state index in [0.717, 1.165) is 23.4 Å². The Morgan fingerprint density at radius 3 is 2.96 bits per heavy atom. The third-order valence-electron chi connectivity index (χ3n) is 5.67. The number of nitrogens with zero attached hydrogens (tertiary/aromatic N) is 5. The number of likely N-dealkylation sites (tertiary alicyclic amines) is 1. The van der Waals surface area contributed by atoms with Gasteiger partial charge in [0, 0.05) is 30.9 Å². The van der Waals surface area contributed by atoms with Crippen LogP contribution in [0, 0.1) is 5.92 Å². The molecule has 1 saturated heterocycles. The van der Waals surface area contributed by atoms with Crippen molar-refractivity contribution in [2.75, 3.05) is 20.1 Å². The molecule has 146 valence electrons. The predicted octanol–water partition coefficient (Wildman–Crippen LogP) is 2.74. The Labute approximate surface area is 165 Å². The van der Waals surface area contributed by atoms with E-state index in [1.807, 2.05) is 41.3 Å². The number of allylic oxidation sites excluding steroid dienone is 1. The number of amides is 1. The molecule has 1 aromatic carbocycles. The lowest BCUT2D eigenvalue weighted by atomic mass is 9.91. The van der Waals surface area contributed by atoms with Gasteiger partial charge in [0.1, 0.15) is 19.1 Å². The number of hydrogen-bond acceptors (Lipinski definition) is 6. The molecular weight excluding hydrogens is 354 g/mol. The summed E-state index contributed by atoms with van der Waals surface area (Å²) in [6.45, 7) is 3.86. The number of hydrogen-bond donors (Lipinski definition) is 0. The lowest BCUT2D eigenvalue weighted by Gasteiger charge is -2.43. The molecule has 0 bridgehead atoms. The van der Waals surface area contributed by atoms with Crippen LogP contribution in [0.2, 0.25) is 0 Å². The first-order valence-electron chi connectivity index (χ1n) is 9.65. The van der Waals surface area contributed by atoms with Crippen molar-refractivity contribution in [2.24, 2.45) is 20.9 Å². The van der Waals surface area contributed by atoms with E-state index in [2.05, 4.69) is 33.8 Å². The summed E-state index contributed by atoms with van der Waals surface area (Å²) in [6.07, 6.45) is 5.87. The monoisotopic (exact) mass is 379 g/mol. The van der Waals surface area contributed by atoms with Crippen LogP contribution in [0.5, 0.6) is 0 Å². The maximum absolute atomic E-state index is 12.6. The molecule has 3 aliphatic heterocycles. The maximum atomic E-state index is 12.6. The highest BCUT2D eigenvalue weighted by molar-refractivity contribution is 6.14. The molecule has 0 N–H and O–H groups in total. The predicted molar refractivity (Wildman–Crippen MR) is 110 cm³/mol. The van der Waals surface area contributed by atoms with E-state index < -0.39 is 0 Å². The smallest absolute Gasteiger partial charge is 0.410 e. The third kappa shape index (κ3) is 3.75. The highest BCUT2D eigenvalue weighted by Gasteiger charge is 2.37. The van der Waals surface area contributed by atoms with Gasteiger partial charge in [-0.2, -0.15) is 0 Å². The minimum atomic E-state index is -0.257. The second-order valence-electron chi connectivity index (χ2n) is 7.48. The molecule has 3 aliphatic rings. The molecule has 1 aromatic rings. The maximum Gasteiger partial charge on any atom is 0.410 e. The third-order valence-corrected chi connectivity index (χ3v) is 5.67. The van der Waals surface area contributed by atoms with Crippen molar-refractivity contribution in [1.82, 2.24) is 9.80 Å². The van der Waals surface area contributed by atoms with E-state index in [4.69, 9.17) is 4.74 Å². The molecule has 0 spiro atoms. The number of aliphatic imine (C=N–C) groups is 3. The van der Waals surface area contributed by atoms with Gasteiger partial charge < -0.3 is 9.64 Å². The number of likely N-dealkylation sites (N-methyl/N-ethyl adjacent to an activating group) is 1. The second kappa shape index (κ2) is 8.06. The zero-order valence-electron chi connectivity index (χ0n) is 16.2. The zero-order valence-corrected chi connectivity index (χ0v) is 16.2. The molecule has 0 aliphatic carbocycles. The average Bonchev–Trinajstić information content (AvgIpc) is 3.21. The highest BCUT2D eigenvalue weighted by Crippen LogP contribution is 2.28. The Morgan fingerprint density at radius 2 is 2.14 bits per heavy atom. The van der Waals surface area contributed by atoms with Gasteiger partial charge in [-0.15, -0.1) is 0 Å². The fourth-order valence-electron chi connectivity index (χ4n) is 3.94. The fourth-order valence-corrected chi connectivity index (χ4v) is 3.94. The SMILES string of the molecule is C[C@@H]1CCN(C(=O)OCc2ccccc2)C[C@@H]1N(C)[C@H]1N=CN=C2N=CC=C21. The molecule has 3 atom stereocenters. The lowest BCUT2D eigenvalue weighted by Crippen LogP contribution is -2.55. The Bertz CT molecular complexity index is 846. The first-order chi connectivity index (χ1) is 13.6. The summed E-state index contributed by atoms with van der Waals surface area (Å²) in [5.74, 6) is 1.18. The first-order valence-corrected chi connectivity index (χ1v) is 9.65. The van der Waals surface area contributed by atoms with Crippen LogP contribution >= 0.6 is 0 Å².